The van der Waals surface area contributed by atoms with Crippen LogP contribution in [0.4, 0.5) is 0 Å². The summed E-state index contributed by atoms with van der Waals surface area (Å²) in [5.74, 6) is 0. The molecule has 2 fully saturated rings. The van der Waals surface area contributed by atoms with Crippen molar-refractivity contribution in [1.29, 1.82) is 0 Å². The molecule has 0 bridgehead atoms. The minimum atomic E-state index is -1.66. The van der Waals surface area contributed by atoms with Gasteiger partial charge >= 0.3 is 0 Å². The van der Waals surface area contributed by atoms with Gasteiger partial charge in [-0.1, -0.05) is 20.8 Å². The van der Waals surface area contributed by atoms with Crippen LogP contribution in [-0.4, -0.2) is 110 Å². The minimum Gasteiger partial charge on any atom is -0.394 e. The van der Waals surface area contributed by atoms with E-state index in [1.54, 1.807) is 6.92 Å². The van der Waals surface area contributed by atoms with Gasteiger partial charge in [-0.15, -0.1) is 0 Å². The maximum absolute atomic E-state index is 10.2. The molecular formula is C16H32O10. The molecule has 0 saturated carbocycles. The van der Waals surface area contributed by atoms with E-state index in [2.05, 4.69) is 0 Å². The van der Waals surface area contributed by atoms with E-state index in [-0.39, 0.29) is 0 Å². The van der Waals surface area contributed by atoms with Crippen molar-refractivity contribution in [2.24, 2.45) is 0 Å². The van der Waals surface area contributed by atoms with Crippen LogP contribution in [0.1, 0.15) is 27.2 Å². The van der Waals surface area contributed by atoms with Gasteiger partial charge in [-0.05, 0) is 6.42 Å². The second-order valence-electron chi connectivity index (χ2n) is 6.08. The summed E-state index contributed by atoms with van der Waals surface area (Å²) in [6.07, 6.45) is -12.7. The van der Waals surface area contributed by atoms with Crippen molar-refractivity contribution in [3.8, 4) is 0 Å². The zero-order chi connectivity index (χ0) is 20.0. The lowest BCUT2D eigenvalue weighted by Crippen LogP contribution is -2.64. The third kappa shape index (κ3) is 4.90. The Balaban J connectivity index is 0.00000163. The van der Waals surface area contributed by atoms with Crippen molar-refractivity contribution in [3.05, 3.63) is 0 Å². The first-order chi connectivity index (χ1) is 12.3. The van der Waals surface area contributed by atoms with Crippen LogP contribution >= 0.6 is 0 Å². The second kappa shape index (κ2) is 10.8. The van der Waals surface area contributed by atoms with Gasteiger partial charge in [0.1, 0.15) is 48.8 Å². The maximum Gasteiger partial charge on any atom is 0.187 e. The van der Waals surface area contributed by atoms with Crippen LogP contribution in [0.15, 0.2) is 0 Å². The third-order valence-electron chi connectivity index (χ3n) is 4.51. The van der Waals surface area contributed by atoms with Crippen LogP contribution in [0.3, 0.4) is 0 Å². The Bertz CT molecular complexity index is 393. The van der Waals surface area contributed by atoms with Gasteiger partial charge < -0.3 is 50.0 Å². The van der Waals surface area contributed by atoms with Crippen molar-refractivity contribution in [1.82, 2.24) is 0 Å². The SMILES string of the molecule is CC.CCC1OC(CO)C(OC2OC(CO)C(O)C(O)C2O)C(O)C1O. The Kier molecular flexibility index (Phi) is 9.83. The molecule has 0 aromatic heterocycles. The van der Waals surface area contributed by atoms with Crippen molar-refractivity contribution in [2.45, 2.75) is 88.4 Å². The minimum absolute atomic E-state index is 0.404. The highest BCUT2D eigenvalue weighted by Gasteiger charge is 2.49. The summed E-state index contributed by atoms with van der Waals surface area (Å²) in [4.78, 5) is 0. The molecule has 26 heavy (non-hydrogen) atoms. The van der Waals surface area contributed by atoms with Crippen molar-refractivity contribution in [3.63, 3.8) is 0 Å². The van der Waals surface area contributed by atoms with Crippen LogP contribution in [-0.2, 0) is 14.2 Å². The van der Waals surface area contributed by atoms with Crippen LogP contribution in [0.2, 0.25) is 0 Å². The Labute approximate surface area is 152 Å². The molecule has 156 valence electrons. The summed E-state index contributed by atoms with van der Waals surface area (Å²) < 4.78 is 16.1. The van der Waals surface area contributed by atoms with E-state index in [9.17, 15) is 30.6 Å². The number of hydrogen-bond donors (Lipinski definition) is 7. The highest BCUT2D eigenvalue weighted by molar-refractivity contribution is 4.95. The topological polar surface area (TPSA) is 169 Å². The van der Waals surface area contributed by atoms with E-state index in [0.29, 0.717) is 6.42 Å². The fourth-order valence-corrected chi connectivity index (χ4v) is 3.00. The Morgan fingerprint density at radius 1 is 0.692 bits per heavy atom. The average Bonchev–Trinajstić information content (AvgIpc) is 2.67. The highest BCUT2D eigenvalue weighted by Crippen LogP contribution is 2.29. The summed E-state index contributed by atoms with van der Waals surface area (Å²) in [7, 11) is 0. The number of hydrogen-bond acceptors (Lipinski definition) is 10. The standard InChI is InChI=1S/C14H26O10.C2H6/c1-2-5-8(17)11(20)13(7(4-16)22-5)24-14-12(21)10(19)9(18)6(3-15)23-14;1-2/h5-21H,2-4H2,1H3;1-2H3. The second-order valence-corrected chi connectivity index (χ2v) is 6.08. The third-order valence-corrected chi connectivity index (χ3v) is 4.51. The molecule has 0 aromatic carbocycles. The van der Waals surface area contributed by atoms with Gasteiger partial charge in [0.15, 0.2) is 6.29 Å². The van der Waals surface area contributed by atoms with Gasteiger partial charge in [-0.25, -0.2) is 0 Å². The lowest BCUT2D eigenvalue weighted by molar-refractivity contribution is -0.342. The zero-order valence-electron chi connectivity index (χ0n) is 15.3. The first-order valence-electron chi connectivity index (χ1n) is 8.94. The van der Waals surface area contributed by atoms with Crippen molar-refractivity contribution >= 4 is 0 Å². The normalized spacial score (nSPS) is 46.4. The van der Waals surface area contributed by atoms with E-state index >= 15 is 0 Å². The average molecular weight is 384 g/mol. The quantitative estimate of drug-likeness (QED) is 0.261. The van der Waals surface area contributed by atoms with Gasteiger partial charge in [0.25, 0.3) is 0 Å². The van der Waals surface area contributed by atoms with Gasteiger partial charge in [0, 0.05) is 0 Å². The van der Waals surface area contributed by atoms with E-state index in [0.717, 1.165) is 0 Å². The molecule has 0 amide bonds. The lowest BCUT2D eigenvalue weighted by Gasteiger charge is -2.46. The molecule has 2 heterocycles. The monoisotopic (exact) mass is 384 g/mol. The summed E-state index contributed by atoms with van der Waals surface area (Å²) in [6.45, 7) is 4.61. The fraction of sp³-hybridized carbons (Fsp3) is 1.00. The van der Waals surface area contributed by atoms with E-state index < -0.39 is 74.4 Å². The Morgan fingerprint density at radius 3 is 1.73 bits per heavy atom. The van der Waals surface area contributed by atoms with E-state index in [4.69, 9.17) is 19.3 Å². The van der Waals surface area contributed by atoms with Crippen LogP contribution in [0, 0.1) is 0 Å². The van der Waals surface area contributed by atoms with Gasteiger partial charge in [-0.3, -0.25) is 0 Å². The molecule has 10 atom stereocenters. The number of ether oxygens (including phenoxy) is 3. The van der Waals surface area contributed by atoms with Crippen LogP contribution < -0.4 is 0 Å². The predicted octanol–water partition coefficient (Wildman–Crippen LogP) is -2.91. The number of aliphatic hydroxyl groups excluding tert-OH is 7. The van der Waals surface area contributed by atoms with E-state index in [1.165, 1.54) is 0 Å². The van der Waals surface area contributed by atoms with Gasteiger partial charge in [0.2, 0.25) is 0 Å². The fourth-order valence-electron chi connectivity index (χ4n) is 3.00. The molecule has 0 aliphatic carbocycles. The molecule has 0 spiro atoms. The molecule has 0 aromatic rings. The summed E-state index contributed by atoms with van der Waals surface area (Å²) in [5, 5.41) is 68.3. The highest BCUT2D eigenvalue weighted by atomic mass is 16.7. The molecular weight excluding hydrogens is 352 g/mol. The van der Waals surface area contributed by atoms with Gasteiger partial charge in [0.05, 0.1) is 19.3 Å². The molecule has 2 aliphatic heterocycles. The molecule has 10 unspecified atom stereocenters. The maximum atomic E-state index is 10.2. The predicted molar refractivity (Wildman–Crippen MR) is 88.0 cm³/mol. The van der Waals surface area contributed by atoms with Gasteiger partial charge in [-0.2, -0.15) is 0 Å². The lowest BCUT2D eigenvalue weighted by atomic mass is 9.93. The van der Waals surface area contributed by atoms with Crippen LogP contribution in [0.25, 0.3) is 0 Å². The summed E-state index contributed by atoms with van der Waals surface area (Å²) >= 11 is 0. The first-order valence-corrected chi connectivity index (χ1v) is 8.94. The molecule has 2 saturated heterocycles. The first kappa shape index (κ1) is 23.6. The van der Waals surface area contributed by atoms with Crippen molar-refractivity contribution < 1.29 is 50.0 Å². The molecule has 2 aliphatic rings. The largest absolute Gasteiger partial charge is 0.394 e. The Morgan fingerprint density at radius 2 is 1.23 bits per heavy atom. The number of rotatable bonds is 5. The summed E-state index contributed by atoms with van der Waals surface area (Å²) in [6, 6.07) is 0. The molecule has 10 heteroatoms. The van der Waals surface area contributed by atoms with Crippen LogP contribution in [0.5, 0.6) is 0 Å². The Hall–Kier alpha value is -0.400. The van der Waals surface area contributed by atoms with Crippen molar-refractivity contribution in [2.75, 3.05) is 13.2 Å². The smallest absolute Gasteiger partial charge is 0.187 e. The zero-order valence-corrected chi connectivity index (χ0v) is 15.3. The molecule has 7 N–H and O–H groups in total. The number of aliphatic hydroxyl groups is 7. The van der Waals surface area contributed by atoms with E-state index in [1.807, 2.05) is 13.8 Å². The summed E-state index contributed by atoms with van der Waals surface area (Å²) in [5.41, 5.74) is 0. The molecule has 0 radical (unpaired) electrons. The molecule has 10 nitrogen and oxygen atoms in total. The molecule has 2 rings (SSSR count).